The molecule has 0 saturated carbocycles. The molecule has 3 aromatic carbocycles. The number of nitro benzene ring substituents is 1. The van der Waals surface area contributed by atoms with Gasteiger partial charge in [0.25, 0.3) is 11.6 Å². The Hall–Kier alpha value is -3.97. The standard InChI is InChI=1S/C22H15ClN4O3/c23-16-11-12-19(20(13-16)27(29)30)24-22(28)18-14-26(17-9-5-2-6-10-17)25-21(18)15-7-3-1-4-8-15/h1-14H,(H,24,28). The summed E-state index contributed by atoms with van der Waals surface area (Å²) in [6.07, 6.45) is 1.61. The maximum atomic E-state index is 13.1. The summed E-state index contributed by atoms with van der Waals surface area (Å²) in [7, 11) is 0. The first-order chi connectivity index (χ1) is 14.5. The van der Waals surface area contributed by atoms with E-state index in [1.807, 2.05) is 60.7 Å². The second kappa shape index (κ2) is 8.18. The Morgan fingerprint density at radius 3 is 2.33 bits per heavy atom. The van der Waals surface area contributed by atoms with Gasteiger partial charge in [0.05, 0.1) is 16.2 Å². The Morgan fingerprint density at radius 2 is 1.67 bits per heavy atom. The van der Waals surface area contributed by atoms with Crippen molar-refractivity contribution in [2.24, 2.45) is 0 Å². The Kier molecular flexibility index (Phi) is 5.28. The van der Waals surface area contributed by atoms with E-state index in [-0.39, 0.29) is 22.0 Å². The minimum atomic E-state index is -0.590. The van der Waals surface area contributed by atoms with Crippen molar-refractivity contribution in [3.63, 3.8) is 0 Å². The van der Waals surface area contributed by atoms with Crippen molar-refractivity contribution in [1.82, 2.24) is 9.78 Å². The predicted octanol–water partition coefficient (Wildman–Crippen LogP) is 5.35. The lowest BCUT2D eigenvalue weighted by atomic mass is 10.1. The third-order valence-electron chi connectivity index (χ3n) is 4.43. The maximum absolute atomic E-state index is 13.1. The molecular weight excluding hydrogens is 404 g/mol. The molecule has 0 fully saturated rings. The van der Waals surface area contributed by atoms with Crippen LogP contribution in [0.3, 0.4) is 0 Å². The molecule has 1 N–H and O–H groups in total. The number of aromatic nitrogens is 2. The molecule has 1 amide bonds. The zero-order valence-electron chi connectivity index (χ0n) is 15.5. The lowest BCUT2D eigenvalue weighted by Gasteiger charge is -2.06. The number of nitrogens with one attached hydrogen (secondary N) is 1. The zero-order valence-corrected chi connectivity index (χ0v) is 16.3. The van der Waals surface area contributed by atoms with Gasteiger partial charge in [-0.15, -0.1) is 0 Å². The summed E-state index contributed by atoms with van der Waals surface area (Å²) in [5.74, 6) is -0.513. The van der Waals surface area contributed by atoms with Gasteiger partial charge in [-0.3, -0.25) is 14.9 Å². The van der Waals surface area contributed by atoms with Gasteiger partial charge in [0, 0.05) is 22.8 Å². The number of para-hydroxylation sites is 1. The van der Waals surface area contributed by atoms with Crippen LogP contribution in [0.1, 0.15) is 10.4 Å². The molecule has 0 atom stereocenters. The molecule has 0 bridgehead atoms. The van der Waals surface area contributed by atoms with E-state index in [0.29, 0.717) is 5.69 Å². The summed E-state index contributed by atoms with van der Waals surface area (Å²) in [6, 6.07) is 22.7. The van der Waals surface area contributed by atoms with Crippen LogP contribution in [-0.2, 0) is 0 Å². The Labute approximate surface area is 176 Å². The van der Waals surface area contributed by atoms with Gasteiger partial charge >= 0.3 is 0 Å². The molecule has 8 heteroatoms. The highest BCUT2D eigenvalue weighted by Crippen LogP contribution is 2.30. The topological polar surface area (TPSA) is 90.1 Å². The van der Waals surface area contributed by atoms with Crippen molar-refractivity contribution in [3.8, 4) is 16.9 Å². The molecule has 0 aliphatic heterocycles. The Morgan fingerprint density at radius 1 is 1.00 bits per heavy atom. The van der Waals surface area contributed by atoms with E-state index < -0.39 is 10.8 Å². The van der Waals surface area contributed by atoms with Crippen LogP contribution in [0.25, 0.3) is 16.9 Å². The first-order valence-electron chi connectivity index (χ1n) is 8.99. The van der Waals surface area contributed by atoms with Crippen LogP contribution in [0.4, 0.5) is 11.4 Å². The van der Waals surface area contributed by atoms with Gasteiger partial charge in [-0.2, -0.15) is 5.10 Å². The number of hydrogen-bond donors (Lipinski definition) is 1. The van der Waals surface area contributed by atoms with E-state index >= 15 is 0 Å². The van der Waals surface area contributed by atoms with Crippen LogP contribution in [-0.4, -0.2) is 20.6 Å². The number of hydrogen-bond acceptors (Lipinski definition) is 4. The summed E-state index contributed by atoms with van der Waals surface area (Å²) in [4.78, 5) is 23.9. The molecular formula is C22H15ClN4O3. The Bertz CT molecular complexity index is 1220. The summed E-state index contributed by atoms with van der Waals surface area (Å²) in [5, 5.41) is 18.8. The molecule has 7 nitrogen and oxygen atoms in total. The molecule has 4 aromatic rings. The normalized spacial score (nSPS) is 10.6. The van der Waals surface area contributed by atoms with Crippen molar-refractivity contribution in [3.05, 3.63) is 106 Å². The van der Waals surface area contributed by atoms with Crippen molar-refractivity contribution in [2.45, 2.75) is 0 Å². The fraction of sp³-hybridized carbons (Fsp3) is 0. The predicted molar refractivity (Wildman–Crippen MR) is 115 cm³/mol. The van der Waals surface area contributed by atoms with Gasteiger partial charge in [-0.1, -0.05) is 60.1 Å². The lowest BCUT2D eigenvalue weighted by molar-refractivity contribution is -0.383. The van der Waals surface area contributed by atoms with E-state index in [2.05, 4.69) is 10.4 Å². The van der Waals surface area contributed by atoms with E-state index in [4.69, 9.17) is 11.6 Å². The van der Waals surface area contributed by atoms with Gasteiger partial charge < -0.3 is 5.32 Å². The van der Waals surface area contributed by atoms with E-state index in [1.165, 1.54) is 18.2 Å². The van der Waals surface area contributed by atoms with Crippen molar-refractivity contribution in [1.29, 1.82) is 0 Å². The second-order valence-electron chi connectivity index (χ2n) is 6.41. The average molecular weight is 419 g/mol. The molecule has 148 valence electrons. The smallest absolute Gasteiger partial charge is 0.294 e. The molecule has 0 aliphatic carbocycles. The fourth-order valence-corrected chi connectivity index (χ4v) is 3.18. The van der Waals surface area contributed by atoms with Crippen LogP contribution in [0, 0.1) is 10.1 Å². The van der Waals surface area contributed by atoms with Gasteiger partial charge in [0.1, 0.15) is 11.4 Å². The molecule has 0 spiro atoms. The highest BCUT2D eigenvalue weighted by molar-refractivity contribution is 6.31. The molecule has 0 saturated heterocycles. The first kappa shape index (κ1) is 19.4. The van der Waals surface area contributed by atoms with E-state index in [1.54, 1.807) is 10.9 Å². The summed E-state index contributed by atoms with van der Waals surface area (Å²) in [5.41, 5.74) is 2.06. The maximum Gasteiger partial charge on any atom is 0.294 e. The quantitative estimate of drug-likeness (QED) is 0.349. The number of rotatable bonds is 5. The van der Waals surface area contributed by atoms with Gasteiger partial charge in [-0.25, -0.2) is 4.68 Å². The highest BCUT2D eigenvalue weighted by Gasteiger charge is 2.22. The highest BCUT2D eigenvalue weighted by atomic mass is 35.5. The van der Waals surface area contributed by atoms with Crippen molar-refractivity contribution in [2.75, 3.05) is 5.32 Å². The van der Waals surface area contributed by atoms with Crippen LogP contribution < -0.4 is 5.32 Å². The molecule has 30 heavy (non-hydrogen) atoms. The zero-order chi connectivity index (χ0) is 21.1. The molecule has 1 heterocycles. The largest absolute Gasteiger partial charge is 0.316 e. The van der Waals surface area contributed by atoms with Gasteiger partial charge in [0.2, 0.25) is 0 Å². The van der Waals surface area contributed by atoms with Crippen molar-refractivity contribution < 1.29 is 9.72 Å². The number of benzene rings is 3. The van der Waals surface area contributed by atoms with Crippen LogP contribution in [0.2, 0.25) is 5.02 Å². The minimum Gasteiger partial charge on any atom is -0.316 e. The van der Waals surface area contributed by atoms with E-state index in [9.17, 15) is 14.9 Å². The summed E-state index contributed by atoms with van der Waals surface area (Å²) in [6.45, 7) is 0. The van der Waals surface area contributed by atoms with Gasteiger partial charge in [-0.05, 0) is 24.3 Å². The number of nitro groups is 1. The molecule has 1 aromatic heterocycles. The number of halogens is 1. The third-order valence-corrected chi connectivity index (χ3v) is 4.67. The molecule has 0 unspecified atom stereocenters. The number of nitrogens with zero attached hydrogens (tertiary/aromatic N) is 3. The lowest BCUT2D eigenvalue weighted by Crippen LogP contribution is -2.13. The monoisotopic (exact) mass is 418 g/mol. The molecule has 0 aliphatic rings. The number of carbonyl (C=O) groups excluding carboxylic acids is 1. The Balaban J connectivity index is 1.77. The van der Waals surface area contributed by atoms with Crippen LogP contribution in [0.5, 0.6) is 0 Å². The van der Waals surface area contributed by atoms with E-state index in [0.717, 1.165) is 11.3 Å². The van der Waals surface area contributed by atoms with Crippen LogP contribution in [0.15, 0.2) is 85.1 Å². The van der Waals surface area contributed by atoms with Gasteiger partial charge in [0.15, 0.2) is 0 Å². The first-order valence-corrected chi connectivity index (χ1v) is 9.36. The SMILES string of the molecule is O=C(Nc1ccc(Cl)cc1[N+](=O)[O-])c1cn(-c2ccccc2)nc1-c1ccccc1. The fourth-order valence-electron chi connectivity index (χ4n) is 3.01. The summed E-state index contributed by atoms with van der Waals surface area (Å²) < 4.78 is 1.60. The summed E-state index contributed by atoms with van der Waals surface area (Å²) >= 11 is 5.86. The van der Waals surface area contributed by atoms with Crippen molar-refractivity contribution >= 4 is 28.9 Å². The molecule has 0 radical (unpaired) electrons. The van der Waals surface area contributed by atoms with Crippen LogP contribution >= 0.6 is 11.6 Å². The minimum absolute atomic E-state index is 0.0564. The number of anilines is 1. The number of carbonyl (C=O) groups is 1. The second-order valence-corrected chi connectivity index (χ2v) is 6.85. The average Bonchev–Trinajstić information content (AvgIpc) is 3.22. The third kappa shape index (κ3) is 3.92. The molecule has 4 rings (SSSR count). The number of amides is 1.